The lowest BCUT2D eigenvalue weighted by atomic mass is 9.46. The van der Waals surface area contributed by atoms with Gasteiger partial charge in [-0.2, -0.15) is 5.10 Å². The Labute approximate surface area is 249 Å². The summed E-state index contributed by atoms with van der Waals surface area (Å²) in [7, 11) is 0. The minimum Gasteiger partial charge on any atom is -0.309 e. The number of para-hydroxylation sites is 1. The van der Waals surface area contributed by atoms with Crippen molar-refractivity contribution in [3.05, 3.63) is 83.3 Å². The first-order chi connectivity index (χ1) is 19.9. The monoisotopic (exact) mass is 565 g/mol. The second kappa shape index (κ2) is 10.5. The third-order valence-corrected chi connectivity index (χ3v) is 12.7. The Bertz CT molecular complexity index is 1400. The number of carbonyl (C=O) groups excluding carboxylic acids is 1. The van der Waals surface area contributed by atoms with Crippen molar-refractivity contribution in [3.8, 4) is 0 Å². The number of hydrazone groups is 1. The first-order valence-corrected chi connectivity index (χ1v) is 16.6. The molecule has 41 heavy (non-hydrogen) atoms. The number of nitrogens with zero attached hydrogens (tertiary/aromatic N) is 2. The average Bonchev–Trinajstić information content (AvgIpc) is 3.58. The van der Waals surface area contributed by atoms with Crippen molar-refractivity contribution in [1.29, 1.82) is 0 Å². The van der Waals surface area contributed by atoms with Crippen LogP contribution < -0.4 is 10.3 Å². The van der Waals surface area contributed by atoms with E-state index in [1.165, 1.54) is 60.3 Å². The number of thioether (sulfide) groups is 1. The molecule has 1 N–H and O–H groups in total. The fourth-order valence-electron chi connectivity index (χ4n) is 9.62. The van der Waals surface area contributed by atoms with Gasteiger partial charge in [-0.1, -0.05) is 79.7 Å². The van der Waals surface area contributed by atoms with Crippen LogP contribution in [0.5, 0.6) is 0 Å². The largest absolute Gasteiger partial charge is 0.309 e. The predicted octanol–water partition coefficient (Wildman–Crippen LogP) is 8.64. The van der Waals surface area contributed by atoms with Gasteiger partial charge in [0.15, 0.2) is 11.3 Å². The van der Waals surface area contributed by atoms with Crippen LogP contribution in [0.15, 0.2) is 82.8 Å². The molecule has 1 heterocycles. The van der Waals surface area contributed by atoms with Gasteiger partial charge in [-0.25, -0.2) is 0 Å². The molecule has 0 radical (unpaired) electrons. The Hall–Kier alpha value is -2.79. The van der Waals surface area contributed by atoms with Crippen LogP contribution in [0.4, 0.5) is 5.69 Å². The molecule has 1 unspecified atom stereocenters. The molecular formula is C36H43N3OS. The number of benzene rings is 2. The van der Waals surface area contributed by atoms with E-state index in [4.69, 9.17) is 5.10 Å². The van der Waals surface area contributed by atoms with Gasteiger partial charge in [-0.15, -0.1) is 0 Å². The summed E-state index contributed by atoms with van der Waals surface area (Å²) in [5, 5.41) is 7.41. The number of nitrogens with one attached hydrogen (secondary N) is 1. The molecule has 2 aromatic carbocycles. The molecule has 2 aromatic rings. The predicted molar refractivity (Wildman–Crippen MR) is 171 cm³/mol. The maximum absolute atomic E-state index is 12.2. The minimum atomic E-state index is 0.0146. The Morgan fingerprint density at radius 1 is 0.927 bits per heavy atom. The van der Waals surface area contributed by atoms with E-state index in [0.29, 0.717) is 17.1 Å². The van der Waals surface area contributed by atoms with Crippen molar-refractivity contribution in [1.82, 2.24) is 5.43 Å². The normalized spacial score (nSPS) is 36.7. The molecule has 7 atom stereocenters. The first kappa shape index (κ1) is 27.1. The van der Waals surface area contributed by atoms with E-state index < -0.39 is 0 Å². The summed E-state index contributed by atoms with van der Waals surface area (Å²) in [4.78, 5) is 14.6. The summed E-state index contributed by atoms with van der Waals surface area (Å²) in [6.45, 7) is 7.34. The number of anilines is 1. The smallest absolute Gasteiger partial charge is 0.171 e. The first-order valence-electron chi connectivity index (χ1n) is 15.7. The topological polar surface area (TPSA) is 44.7 Å². The van der Waals surface area contributed by atoms with Gasteiger partial charge < -0.3 is 4.90 Å². The molecule has 214 valence electrons. The van der Waals surface area contributed by atoms with Gasteiger partial charge in [0, 0.05) is 23.7 Å². The van der Waals surface area contributed by atoms with Crippen molar-refractivity contribution >= 4 is 34.6 Å². The molecule has 0 spiro atoms. The van der Waals surface area contributed by atoms with Crippen molar-refractivity contribution < 1.29 is 4.79 Å². The molecular weight excluding hydrogens is 522 g/mol. The number of rotatable bonds is 5. The molecule has 0 amide bonds. The fraction of sp³-hybridized carbons (Fsp3) is 0.500. The van der Waals surface area contributed by atoms with Gasteiger partial charge in [-0.05, 0) is 110 Å². The molecule has 5 aliphatic rings. The highest BCUT2D eigenvalue weighted by molar-refractivity contribution is 8.03. The number of hydrogen-bond acceptors (Lipinski definition) is 5. The van der Waals surface area contributed by atoms with Gasteiger partial charge in [-0.3, -0.25) is 10.2 Å². The van der Waals surface area contributed by atoms with E-state index in [1.807, 2.05) is 6.08 Å². The summed E-state index contributed by atoms with van der Waals surface area (Å²) in [5.41, 5.74) is 10.5. The van der Waals surface area contributed by atoms with Crippen LogP contribution in [-0.2, 0) is 4.79 Å². The van der Waals surface area contributed by atoms with Crippen LogP contribution in [0.2, 0.25) is 0 Å². The second-order valence-electron chi connectivity index (χ2n) is 13.6. The Kier molecular flexibility index (Phi) is 6.92. The van der Waals surface area contributed by atoms with Crippen molar-refractivity contribution in [2.75, 3.05) is 4.90 Å². The van der Waals surface area contributed by atoms with E-state index in [9.17, 15) is 4.79 Å². The molecule has 3 saturated carbocycles. The zero-order valence-corrected chi connectivity index (χ0v) is 25.5. The molecule has 4 aliphatic carbocycles. The summed E-state index contributed by atoms with van der Waals surface area (Å²) in [6.07, 6.45) is 11.4. The van der Waals surface area contributed by atoms with Crippen molar-refractivity contribution in [3.63, 3.8) is 0 Å². The lowest BCUT2D eigenvalue weighted by Gasteiger charge is -2.58. The van der Waals surface area contributed by atoms with Crippen LogP contribution >= 0.6 is 11.8 Å². The van der Waals surface area contributed by atoms with Crippen LogP contribution in [0, 0.1) is 34.5 Å². The van der Waals surface area contributed by atoms with Gasteiger partial charge in [0.2, 0.25) is 0 Å². The number of ketones is 1. The summed E-state index contributed by atoms with van der Waals surface area (Å²) < 4.78 is 0. The van der Waals surface area contributed by atoms with Crippen LogP contribution in [0.3, 0.4) is 0 Å². The van der Waals surface area contributed by atoms with E-state index in [2.05, 4.69) is 97.2 Å². The number of hydrogen-bond donors (Lipinski definition) is 1. The van der Waals surface area contributed by atoms with Gasteiger partial charge in [0.1, 0.15) is 0 Å². The van der Waals surface area contributed by atoms with Crippen LogP contribution in [-0.4, -0.2) is 17.0 Å². The molecule has 0 saturated heterocycles. The highest BCUT2D eigenvalue weighted by Gasteiger charge is 2.59. The average molecular weight is 566 g/mol. The Morgan fingerprint density at radius 3 is 2.46 bits per heavy atom. The van der Waals surface area contributed by atoms with Gasteiger partial charge in [0.05, 0.1) is 5.70 Å². The lowest BCUT2D eigenvalue weighted by Crippen LogP contribution is -2.51. The van der Waals surface area contributed by atoms with Crippen molar-refractivity contribution in [2.24, 2.45) is 39.6 Å². The summed E-state index contributed by atoms with van der Waals surface area (Å²) in [6, 6.07) is 21.3. The number of fused-ring (bicyclic) bond motifs is 5. The zero-order valence-electron chi connectivity index (χ0n) is 24.7. The molecule has 5 heteroatoms. The Morgan fingerprint density at radius 2 is 1.68 bits per heavy atom. The third-order valence-electron chi connectivity index (χ3n) is 11.7. The highest BCUT2D eigenvalue weighted by atomic mass is 32.2. The van der Waals surface area contributed by atoms with Crippen LogP contribution in [0.25, 0.3) is 5.70 Å². The maximum atomic E-state index is 12.2. The molecule has 1 aliphatic heterocycles. The van der Waals surface area contributed by atoms with Gasteiger partial charge >= 0.3 is 0 Å². The zero-order chi connectivity index (χ0) is 28.2. The van der Waals surface area contributed by atoms with E-state index in [1.54, 1.807) is 11.8 Å². The standard InChI is InChI=1S/C36H43N3OS/c1-24(37-38-34-39(27-12-8-5-9-13-27)33(23-41-34)25-10-6-4-7-11-25)30-16-17-31-29-15-14-26-22-28(40)18-20-35(26,2)32(29)19-21-36(30,31)3/h4-13,22-23,29-32,34,38H,14-21H2,1-3H3/b37-24+/t29-,30+,31-,32-,34?,35-,36+/m0/s1. The second-order valence-corrected chi connectivity index (χ2v) is 14.5. The van der Waals surface area contributed by atoms with E-state index >= 15 is 0 Å². The number of carbonyl (C=O) groups is 1. The van der Waals surface area contributed by atoms with Crippen molar-refractivity contribution in [2.45, 2.75) is 77.6 Å². The fourth-order valence-corrected chi connectivity index (χ4v) is 10.6. The molecule has 7 rings (SSSR count). The molecule has 0 aromatic heterocycles. The minimum absolute atomic E-state index is 0.0146. The summed E-state index contributed by atoms with van der Waals surface area (Å²) >= 11 is 1.80. The Balaban J connectivity index is 1.10. The van der Waals surface area contributed by atoms with Gasteiger partial charge in [0.25, 0.3) is 0 Å². The molecule has 4 nitrogen and oxygen atoms in total. The van der Waals surface area contributed by atoms with Crippen LogP contribution in [0.1, 0.15) is 77.7 Å². The molecule has 0 bridgehead atoms. The third kappa shape index (κ3) is 4.50. The lowest BCUT2D eigenvalue weighted by molar-refractivity contribution is -0.117. The highest BCUT2D eigenvalue weighted by Crippen LogP contribution is 2.66. The van der Waals surface area contributed by atoms with E-state index in [0.717, 1.165) is 37.0 Å². The maximum Gasteiger partial charge on any atom is 0.171 e. The number of allylic oxidation sites excluding steroid dienone is 1. The summed E-state index contributed by atoms with van der Waals surface area (Å²) in [5.74, 6) is 3.16. The van der Waals surface area contributed by atoms with E-state index in [-0.39, 0.29) is 10.9 Å². The SMILES string of the molecule is C/C(=N\NC1SC=C(c2ccccc2)N1c1ccccc1)[C@H]1CC[C@H]2[C@@H]3CCC4=CC(=O)CC[C@]4(C)[C@H]3CC[C@]12C. The molecule has 3 fully saturated rings. The quantitative estimate of drug-likeness (QED) is 0.291.